The van der Waals surface area contributed by atoms with Crippen molar-refractivity contribution in [3.63, 3.8) is 0 Å². The minimum atomic E-state index is -0.573. The van der Waals surface area contributed by atoms with Crippen LogP contribution >= 0.6 is 0 Å². The highest BCUT2D eigenvalue weighted by Crippen LogP contribution is 2.00. The molecule has 0 N–H and O–H groups in total. The molecule has 0 fully saturated rings. The fourth-order valence-corrected chi connectivity index (χ4v) is 0.861. The van der Waals surface area contributed by atoms with E-state index in [0.29, 0.717) is 12.3 Å². The molecule has 0 bridgehead atoms. The number of ether oxygens (including phenoxy) is 1. The van der Waals surface area contributed by atoms with Gasteiger partial charge in [-0.05, 0) is 25.1 Å². The summed E-state index contributed by atoms with van der Waals surface area (Å²) in [6.07, 6.45) is 2.62. The molecule has 0 aromatic carbocycles. The van der Waals surface area contributed by atoms with Gasteiger partial charge in [0.15, 0.2) is 0 Å². The maximum atomic E-state index is 12.6. The molecule has 0 spiro atoms. The molecule has 0 saturated heterocycles. The highest BCUT2D eigenvalue weighted by Gasteiger charge is 1.95. The van der Waals surface area contributed by atoms with Gasteiger partial charge in [0.1, 0.15) is 0 Å². The summed E-state index contributed by atoms with van der Waals surface area (Å²) in [5.74, 6) is -1.03. The van der Waals surface area contributed by atoms with Gasteiger partial charge in [-0.1, -0.05) is 6.07 Å². The predicted molar refractivity (Wildman–Crippen MR) is 49.9 cm³/mol. The van der Waals surface area contributed by atoms with Crippen molar-refractivity contribution in [3.05, 3.63) is 35.9 Å². The van der Waals surface area contributed by atoms with Crippen LogP contribution in [-0.4, -0.2) is 17.6 Å². The van der Waals surface area contributed by atoms with Crippen LogP contribution in [0.3, 0.4) is 0 Å². The summed E-state index contributed by atoms with van der Waals surface area (Å²) < 4.78 is 17.2. The molecule has 4 heteroatoms. The van der Waals surface area contributed by atoms with Gasteiger partial charge >= 0.3 is 5.97 Å². The molecule has 0 atom stereocenters. The Morgan fingerprint density at radius 3 is 3.07 bits per heavy atom. The van der Waals surface area contributed by atoms with Crippen LogP contribution in [0, 0.1) is 5.95 Å². The fraction of sp³-hybridized carbons (Fsp3) is 0.200. The quantitative estimate of drug-likeness (QED) is 0.419. The first kappa shape index (κ1) is 10.4. The van der Waals surface area contributed by atoms with Crippen LogP contribution in [0.25, 0.3) is 6.08 Å². The standard InChI is InChI=1S/C10H10FNO2/c1-2-14-10(13)7-6-8-4-3-5-9(11)12-8/h3-7H,2H2,1H3. The molecule has 1 heterocycles. The van der Waals surface area contributed by atoms with Gasteiger partial charge in [0.05, 0.1) is 12.3 Å². The van der Waals surface area contributed by atoms with Gasteiger partial charge < -0.3 is 4.74 Å². The number of pyridine rings is 1. The van der Waals surface area contributed by atoms with E-state index in [9.17, 15) is 9.18 Å². The molecule has 74 valence electrons. The van der Waals surface area contributed by atoms with Crippen molar-refractivity contribution in [2.75, 3.05) is 6.61 Å². The Kier molecular flexibility index (Phi) is 3.79. The zero-order chi connectivity index (χ0) is 10.4. The molecule has 0 saturated carbocycles. The number of carbonyl (C=O) groups excluding carboxylic acids is 1. The molecule has 0 aliphatic heterocycles. The third kappa shape index (κ3) is 3.35. The van der Waals surface area contributed by atoms with E-state index in [2.05, 4.69) is 9.72 Å². The average Bonchev–Trinajstić information content (AvgIpc) is 2.15. The van der Waals surface area contributed by atoms with Gasteiger partial charge in [-0.15, -0.1) is 0 Å². The SMILES string of the molecule is CCOC(=O)C=Cc1cccc(F)n1. The van der Waals surface area contributed by atoms with Crippen molar-refractivity contribution >= 4 is 12.0 Å². The van der Waals surface area contributed by atoms with Crippen molar-refractivity contribution in [3.8, 4) is 0 Å². The second-order valence-electron chi connectivity index (χ2n) is 2.47. The molecule has 0 radical (unpaired) electrons. The Morgan fingerprint density at radius 1 is 1.64 bits per heavy atom. The first-order valence-corrected chi connectivity index (χ1v) is 4.19. The Hall–Kier alpha value is -1.71. The third-order valence-corrected chi connectivity index (χ3v) is 1.41. The van der Waals surface area contributed by atoms with Crippen molar-refractivity contribution in [1.82, 2.24) is 4.98 Å². The lowest BCUT2D eigenvalue weighted by Crippen LogP contribution is -1.98. The molecular weight excluding hydrogens is 185 g/mol. The molecule has 14 heavy (non-hydrogen) atoms. The lowest BCUT2D eigenvalue weighted by Gasteiger charge is -1.94. The summed E-state index contributed by atoms with van der Waals surface area (Å²) in [7, 11) is 0. The van der Waals surface area contributed by atoms with Crippen LogP contribution in [0.4, 0.5) is 4.39 Å². The first-order valence-electron chi connectivity index (χ1n) is 4.19. The molecule has 0 unspecified atom stereocenters. The predicted octanol–water partition coefficient (Wildman–Crippen LogP) is 1.80. The van der Waals surface area contributed by atoms with Gasteiger partial charge in [-0.2, -0.15) is 4.39 Å². The minimum absolute atomic E-state index is 0.319. The summed E-state index contributed by atoms with van der Waals surface area (Å²) in [5.41, 5.74) is 0.387. The molecule has 1 aromatic rings. The first-order chi connectivity index (χ1) is 6.72. The molecule has 0 aliphatic carbocycles. The number of aromatic nitrogens is 1. The number of rotatable bonds is 3. The second kappa shape index (κ2) is 5.11. The molecular formula is C10H10FNO2. The van der Waals surface area contributed by atoms with Crippen LogP contribution in [0.5, 0.6) is 0 Å². The van der Waals surface area contributed by atoms with E-state index in [1.54, 1.807) is 13.0 Å². The maximum Gasteiger partial charge on any atom is 0.330 e. The van der Waals surface area contributed by atoms with Gasteiger partial charge in [0.2, 0.25) is 5.95 Å². The number of hydrogen-bond donors (Lipinski definition) is 0. The maximum absolute atomic E-state index is 12.6. The number of halogens is 1. The van der Waals surface area contributed by atoms with Gasteiger partial charge in [-0.25, -0.2) is 9.78 Å². The van der Waals surface area contributed by atoms with Gasteiger partial charge in [0, 0.05) is 6.08 Å². The summed E-state index contributed by atoms with van der Waals surface area (Å²) in [5, 5.41) is 0. The third-order valence-electron chi connectivity index (χ3n) is 1.41. The lowest BCUT2D eigenvalue weighted by molar-refractivity contribution is -0.137. The van der Waals surface area contributed by atoms with Crippen LogP contribution < -0.4 is 0 Å². The lowest BCUT2D eigenvalue weighted by atomic mass is 10.3. The Bertz CT molecular complexity index is 350. The summed E-state index contributed by atoms with van der Waals surface area (Å²) in [6, 6.07) is 4.35. The molecule has 1 aromatic heterocycles. The normalized spacial score (nSPS) is 10.4. The van der Waals surface area contributed by atoms with Crippen molar-refractivity contribution in [1.29, 1.82) is 0 Å². The zero-order valence-corrected chi connectivity index (χ0v) is 7.74. The van der Waals surface area contributed by atoms with Crippen molar-refractivity contribution in [2.24, 2.45) is 0 Å². The topological polar surface area (TPSA) is 39.2 Å². The van der Waals surface area contributed by atoms with E-state index in [1.165, 1.54) is 24.3 Å². The van der Waals surface area contributed by atoms with E-state index >= 15 is 0 Å². The average molecular weight is 195 g/mol. The Morgan fingerprint density at radius 2 is 2.43 bits per heavy atom. The monoisotopic (exact) mass is 195 g/mol. The Balaban J connectivity index is 2.64. The second-order valence-corrected chi connectivity index (χ2v) is 2.47. The van der Waals surface area contributed by atoms with Crippen molar-refractivity contribution in [2.45, 2.75) is 6.92 Å². The van der Waals surface area contributed by atoms with Crippen LogP contribution in [0.1, 0.15) is 12.6 Å². The Labute approximate surface area is 81.2 Å². The van der Waals surface area contributed by atoms with Crippen LogP contribution in [-0.2, 0) is 9.53 Å². The molecule has 1 rings (SSSR count). The summed E-state index contributed by atoms with van der Waals surface area (Å²) >= 11 is 0. The van der Waals surface area contributed by atoms with Crippen LogP contribution in [0.2, 0.25) is 0 Å². The van der Waals surface area contributed by atoms with E-state index in [4.69, 9.17) is 0 Å². The number of hydrogen-bond acceptors (Lipinski definition) is 3. The van der Waals surface area contributed by atoms with E-state index < -0.39 is 11.9 Å². The molecule has 3 nitrogen and oxygen atoms in total. The highest BCUT2D eigenvalue weighted by molar-refractivity contribution is 5.86. The van der Waals surface area contributed by atoms with Gasteiger partial charge in [-0.3, -0.25) is 0 Å². The van der Waals surface area contributed by atoms with E-state index in [0.717, 1.165) is 0 Å². The highest BCUT2D eigenvalue weighted by atomic mass is 19.1. The molecule has 0 amide bonds. The van der Waals surface area contributed by atoms with E-state index in [1.807, 2.05) is 0 Å². The van der Waals surface area contributed by atoms with Crippen molar-refractivity contribution < 1.29 is 13.9 Å². The zero-order valence-electron chi connectivity index (χ0n) is 7.74. The van der Waals surface area contributed by atoms with Gasteiger partial charge in [0.25, 0.3) is 0 Å². The largest absolute Gasteiger partial charge is 0.463 e. The summed E-state index contributed by atoms with van der Waals surface area (Å²) in [4.78, 5) is 14.4. The minimum Gasteiger partial charge on any atom is -0.463 e. The number of nitrogens with zero attached hydrogens (tertiary/aromatic N) is 1. The number of esters is 1. The van der Waals surface area contributed by atoms with E-state index in [-0.39, 0.29) is 0 Å². The van der Waals surface area contributed by atoms with Crippen LogP contribution in [0.15, 0.2) is 24.3 Å². The fourth-order valence-electron chi connectivity index (χ4n) is 0.861. The smallest absolute Gasteiger partial charge is 0.330 e. The number of carbonyl (C=O) groups is 1. The molecule has 0 aliphatic rings. The summed E-state index contributed by atoms with van der Waals surface area (Å²) in [6.45, 7) is 2.03.